The van der Waals surface area contributed by atoms with Crippen LogP contribution in [0, 0.1) is 0 Å². The van der Waals surface area contributed by atoms with Gasteiger partial charge in [0.25, 0.3) is 0 Å². The number of β-amino-alcohol motifs (C(OH)–C–C–N with tert-alkyl or cyclic N) is 1. The fourth-order valence-corrected chi connectivity index (χ4v) is 3.79. The quantitative estimate of drug-likeness (QED) is 0.927. The van der Waals surface area contributed by atoms with Crippen molar-refractivity contribution in [3.63, 3.8) is 0 Å². The van der Waals surface area contributed by atoms with Crippen molar-refractivity contribution in [2.75, 3.05) is 25.4 Å². The van der Waals surface area contributed by atoms with E-state index in [4.69, 9.17) is 23.2 Å². The average Bonchev–Trinajstić information content (AvgIpc) is 2.75. The molecule has 1 N–H and O–H groups in total. The van der Waals surface area contributed by atoms with Crippen LogP contribution < -0.4 is 0 Å². The zero-order valence-corrected chi connectivity index (χ0v) is 12.1. The van der Waals surface area contributed by atoms with E-state index in [1.807, 2.05) is 0 Å². The van der Waals surface area contributed by atoms with Crippen LogP contribution in [0.1, 0.15) is 6.42 Å². The highest BCUT2D eigenvalue weighted by Gasteiger charge is 2.20. The van der Waals surface area contributed by atoms with E-state index < -0.39 is 10.8 Å². The molecule has 1 heterocycles. The largest absolute Gasteiger partial charge is 0.392 e. The normalized spacial score (nSPS) is 22.3. The van der Waals surface area contributed by atoms with Gasteiger partial charge >= 0.3 is 0 Å². The third kappa shape index (κ3) is 3.68. The number of aliphatic hydroxyl groups excluding tert-OH is 1. The molecule has 3 nitrogen and oxygen atoms in total. The highest BCUT2D eigenvalue weighted by Crippen LogP contribution is 2.24. The molecule has 0 aliphatic carbocycles. The van der Waals surface area contributed by atoms with Gasteiger partial charge in [-0.15, -0.1) is 0 Å². The summed E-state index contributed by atoms with van der Waals surface area (Å²) in [4.78, 5) is 2.70. The maximum absolute atomic E-state index is 12.1. The Bertz CT molecular complexity index is 456. The predicted octanol–water partition coefficient (Wildman–Crippen LogP) is 2.17. The predicted molar refractivity (Wildman–Crippen MR) is 74.8 cm³/mol. The van der Waals surface area contributed by atoms with Gasteiger partial charge in [0.05, 0.1) is 26.8 Å². The first-order valence-electron chi connectivity index (χ1n) is 5.80. The van der Waals surface area contributed by atoms with Gasteiger partial charge in [0.1, 0.15) is 0 Å². The lowest BCUT2D eigenvalue weighted by Crippen LogP contribution is -2.26. The van der Waals surface area contributed by atoms with Gasteiger partial charge in [-0.2, -0.15) is 0 Å². The number of aliphatic hydroxyl groups is 1. The Labute approximate surface area is 119 Å². The van der Waals surface area contributed by atoms with Crippen molar-refractivity contribution >= 4 is 34.0 Å². The van der Waals surface area contributed by atoms with E-state index in [-0.39, 0.29) is 6.10 Å². The van der Waals surface area contributed by atoms with Crippen LogP contribution in [0.15, 0.2) is 23.1 Å². The molecule has 1 aliphatic rings. The molecular formula is C12H15Cl2NO2S. The Balaban J connectivity index is 1.93. The Morgan fingerprint density at radius 2 is 2.22 bits per heavy atom. The maximum Gasteiger partial charge on any atom is 0.0679 e. The van der Waals surface area contributed by atoms with E-state index in [1.165, 1.54) is 0 Å². The van der Waals surface area contributed by atoms with E-state index in [0.717, 1.165) is 13.0 Å². The first-order chi connectivity index (χ1) is 8.56. The van der Waals surface area contributed by atoms with E-state index in [0.29, 0.717) is 33.8 Å². The highest BCUT2D eigenvalue weighted by atomic mass is 35.5. The summed E-state index contributed by atoms with van der Waals surface area (Å²) in [5, 5.41) is 10.4. The van der Waals surface area contributed by atoms with Crippen molar-refractivity contribution in [3.05, 3.63) is 28.2 Å². The molecule has 0 aromatic heterocycles. The summed E-state index contributed by atoms with van der Waals surface area (Å²) in [7, 11) is -1.15. The Kier molecular flexibility index (Phi) is 5.04. The number of likely N-dealkylation sites (tertiary alicyclic amines) is 1. The van der Waals surface area contributed by atoms with Gasteiger partial charge in [-0.05, 0) is 24.6 Å². The molecule has 1 unspecified atom stereocenters. The Morgan fingerprint density at radius 3 is 2.89 bits per heavy atom. The summed E-state index contributed by atoms with van der Waals surface area (Å²) >= 11 is 11.9. The molecule has 18 heavy (non-hydrogen) atoms. The van der Waals surface area contributed by atoms with Crippen molar-refractivity contribution in [2.24, 2.45) is 0 Å². The summed E-state index contributed by atoms with van der Waals surface area (Å²) in [6.45, 7) is 2.23. The summed E-state index contributed by atoms with van der Waals surface area (Å²) < 4.78 is 12.1. The van der Waals surface area contributed by atoms with Gasteiger partial charge < -0.3 is 5.11 Å². The van der Waals surface area contributed by atoms with Crippen LogP contribution in [0.2, 0.25) is 10.0 Å². The van der Waals surface area contributed by atoms with Gasteiger partial charge in [0.15, 0.2) is 0 Å². The molecule has 0 saturated carbocycles. The Morgan fingerprint density at radius 1 is 1.44 bits per heavy atom. The lowest BCUT2D eigenvalue weighted by molar-refractivity contribution is 0.178. The monoisotopic (exact) mass is 307 g/mol. The minimum absolute atomic E-state index is 0.242. The van der Waals surface area contributed by atoms with Crippen LogP contribution in [0.5, 0.6) is 0 Å². The fourth-order valence-electron chi connectivity index (χ4n) is 1.99. The molecule has 1 aromatic carbocycles. The SMILES string of the molecule is O=S(CCN1CC[C@@H](O)C1)c1cc(Cl)ccc1Cl. The molecule has 0 spiro atoms. The Hall–Kier alpha value is -0.130. The van der Waals surface area contributed by atoms with Gasteiger partial charge in [0, 0.05) is 30.4 Å². The average molecular weight is 308 g/mol. The molecule has 1 aliphatic heterocycles. The summed E-state index contributed by atoms with van der Waals surface area (Å²) in [5.74, 6) is 0.507. The topological polar surface area (TPSA) is 40.5 Å². The van der Waals surface area contributed by atoms with Crippen molar-refractivity contribution in [1.82, 2.24) is 4.90 Å². The van der Waals surface area contributed by atoms with Crippen LogP contribution in [0.4, 0.5) is 0 Å². The number of nitrogens with zero attached hydrogens (tertiary/aromatic N) is 1. The summed E-state index contributed by atoms with van der Waals surface area (Å²) in [6, 6.07) is 5.00. The van der Waals surface area contributed by atoms with E-state index in [2.05, 4.69) is 4.90 Å². The number of halogens is 2. The molecule has 100 valence electrons. The third-order valence-corrected chi connectivity index (χ3v) is 5.04. The molecule has 0 radical (unpaired) electrons. The van der Waals surface area contributed by atoms with Crippen molar-refractivity contribution in [1.29, 1.82) is 0 Å². The maximum atomic E-state index is 12.1. The summed E-state index contributed by atoms with van der Waals surface area (Å²) in [6.07, 6.45) is 0.554. The fraction of sp³-hybridized carbons (Fsp3) is 0.500. The molecule has 2 atom stereocenters. The van der Waals surface area contributed by atoms with Crippen LogP contribution >= 0.6 is 23.2 Å². The molecule has 6 heteroatoms. The number of hydrogen-bond donors (Lipinski definition) is 1. The summed E-state index contributed by atoms with van der Waals surface area (Å²) in [5.41, 5.74) is 0. The van der Waals surface area contributed by atoms with Crippen molar-refractivity contribution in [3.8, 4) is 0 Å². The molecule has 0 amide bonds. The van der Waals surface area contributed by atoms with Crippen molar-refractivity contribution < 1.29 is 9.32 Å². The highest BCUT2D eigenvalue weighted by molar-refractivity contribution is 7.85. The van der Waals surface area contributed by atoms with Gasteiger partial charge in [-0.25, -0.2) is 0 Å². The molecule has 0 bridgehead atoms. The minimum atomic E-state index is -1.15. The molecule has 2 rings (SSSR count). The van der Waals surface area contributed by atoms with Crippen LogP contribution in [0.3, 0.4) is 0 Å². The molecular weight excluding hydrogens is 293 g/mol. The van der Waals surface area contributed by atoms with E-state index in [1.54, 1.807) is 18.2 Å². The third-order valence-electron chi connectivity index (χ3n) is 2.98. The van der Waals surface area contributed by atoms with Crippen LogP contribution in [-0.2, 0) is 10.8 Å². The van der Waals surface area contributed by atoms with E-state index in [9.17, 15) is 9.32 Å². The van der Waals surface area contributed by atoms with Crippen molar-refractivity contribution in [2.45, 2.75) is 17.4 Å². The molecule has 1 aromatic rings. The zero-order chi connectivity index (χ0) is 13.1. The second-order valence-electron chi connectivity index (χ2n) is 4.37. The van der Waals surface area contributed by atoms with E-state index >= 15 is 0 Å². The first-order valence-corrected chi connectivity index (χ1v) is 7.87. The second-order valence-corrected chi connectivity index (χ2v) is 6.75. The molecule has 1 saturated heterocycles. The second kappa shape index (κ2) is 6.35. The van der Waals surface area contributed by atoms with Gasteiger partial charge in [-0.3, -0.25) is 9.11 Å². The zero-order valence-electron chi connectivity index (χ0n) is 9.81. The minimum Gasteiger partial charge on any atom is -0.392 e. The van der Waals surface area contributed by atoms with Gasteiger partial charge in [-0.1, -0.05) is 23.2 Å². The smallest absolute Gasteiger partial charge is 0.0679 e. The lowest BCUT2D eigenvalue weighted by atomic mass is 10.3. The number of hydrogen-bond acceptors (Lipinski definition) is 3. The van der Waals surface area contributed by atoms with Gasteiger partial charge in [0.2, 0.25) is 0 Å². The first kappa shape index (κ1) is 14.3. The lowest BCUT2D eigenvalue weighted by Gasteiger charge is -2.14. The number of rotatable bonds is 4. The number of benzene rings is 1. The molecule has 1 fully saturated rings. The van der Waals surface area contributed by atoms with Crippen LogP contribution in [0.25, 0.3) is 0 Å². The standard InChI is InChI=1S/C12H15Cl2NO2S/c13-9-1-2-11(14)12(7-9)18(17)6-5-15-4-3-10(16)8-15/h1-2,7,10,16H,3-6,8H2/t10-,18?/m1/s1. The van der Waals surface area contributed by atoms with Crippen LogP contribution in [-0.4, -0.2) is 45.7 Å².